The van der Waals surface area contributed by atoms with Crippen LogP contribution in [0.2, 0.25) is 5.02 Å². The van der Waals surface area contributed by atoms with E-state index in [1.807, 2.05) is 37.3 Å². The van der Waals surface area contributed by atoms with Crippen molar-refractivity contribution in [1.29, 1.82) is 0 Å². The van der Waals surface area contributed by atoms with E-state index in [0.717, 1.165) is 86.1 Å². The number of fused-ring (bicyclic) bond motifs is 2. The number of likely N-dealkylation sites (N-methyl/N-ethyl adjacent to an activating group) is 1. The molecule has 9 rings (SSSR count). The number of nitrogens with zero attached hydrogens (tertiary/aromatic N) is 6. The Hall–Kier alpha value is -5.91. The maximum absolute atomic E-state index is 13.7. The topological polar surface area (TPSA) is 197 Å². The fourth-order valence-electron chi connectivity index (χ4n) is 9.67. The Morgan fingerprint density at radius 3 is 2.44 bits per heavy atom. The fraction of sp³-hybridized carbons (Fsp3) is 0.467. The van der Waals surface area contributed by atoms with Gasteiger partial charge in [0, 0.05) is 50.2 Å². The van der Waals surface area contributed by atoms with E-state index in [0.29, 0.717) is 46.2 Å². The van der Waals surface area contributed by atoms with Crippen LogP contribution in [0.4, 0.5) is 17.5 Å². The molecular formula is C45H50ClN9O8. The number of rotatable bonds is 12. The summed E-state index contributed by atoms with van der Waals surface area (Å²) >= 11 is 6.58. The van der Waals surface area contributed by atoms with Crippen LogP contribution in [0.25, 0.3) is 10.9 Å². The van der Waals surface area contributed by atoms with Crippen LogP contribution in [0.3, 0.4) is 0 Å². The second-order valence-corrected chi connectivity index (χ2v) is 17.3. The molecule has 4 aliphatic heterocycles. The van der Waals surface area contributed by atoms with Gasteiger partial charge >= 0.3 is 0 Å². The van der Waals surface area contributed by atoms with E-state index in [4.69, 9.17) is 26.1 Å². The van der Waals surface area contributed by atoms with Gasteiger partial charge in [-0.05, 0) is 107 Å². The smallest absolute Gasteiger partial charge is 0.293 e. The molecule has 4 aromatic rings. The molecule has 3 N–H and O–H groups in total. The van der Waals surface area contributed by atoms with Crippen molar-refractivity contribution in [2.75, 3.05) is 50.1 Å². The summed E-state index contributed by atoms with van der Waals surface area (Å²) in [5.74, 6) is -0.999. The summed E-state index contributed by atoms with van der Waals surface area (Å²) in [6.07, 6.45) is 7.55. The molecule has 0 spiro atoms. The normalized spacial score (nSPS) is 22.2. The Labute approximate surface area is 368 Å². The third-order valence-corrected chi connectivity index (χ3v) is 13.5. The quantitative estimate of drug-likeness (QED) is 0.172. The van der Waals surface area contributed by atoms with Crippen molar-refractivity contribution in [3.8, 4) is 5.75 Å². The van der Waals surface area contributed by atoms with Crippen LogP contribution in [-0.4, -0.2) is 118 Å². The summed E-state index contributed by atoms with van der Waals surface area (Å²) in [5, 5.41) is 9.19. The second-order valence-electron chi connectivity index (χ2n) is 16.9. The molecule has 1 aliphatic carbocycles. The van der Waals surface area contributed by atoms with E-state index in [9.17, 15) is 28.8 Å². The predicted octanol–water partition coefficient (Wildman–Crippen LogP) is 4.13. The van der Waals surface area contributed by atoms with Crippen molar-refractivity contribution in [3.63, 3.8) is 0 Å². The zero-order valence-electron chi connectivity index (χ0n) is 35.2. The number of benzene rings is 2. The van der Waals surface area contributed by atoms with E-state index in [1.54, 1.807) is 22.9 Å². The molecule has 5 amide bonds. The molecule has 3 saturated heterocycles. The van der Waals surface area contributed by atoms with E-state index in [1.165, 1.54) is 7.05 Å². The van der Waals surface area contributed by atoms with Crippen LogP contribution < -0.4 is 31.1 Å². The van der Waals surface area contributed by atoms with Crippen LogP contribution in [-0.2, 0) is 25.7 Å². The van der Waals surface area contributed by atoms with Gasteiger partial charge in [-0.15, -0.1) is 0 Å². The van der Waals surface area contributed by atoms with Crippen LogP contribution >= 0.6 is 11.6 Å². The van der Waals surface area contributed by atoms with Gasteiger partial charge in [0.15, 0.2) is 18.2 Å². The fourth-order valence-corrected chi connectivity index (χ4v) is 9.81. The zero-order valence-corrected chi connectivity index (χ0v) is 36.0. The lowest BCUT2D eigenvalue weighted by atomic mass is 9.82. The minimum absolute atomic E-state index is 0.0882. The van der Waals surface area contributed by atoms with Gasteiger partial charge in [-0.3, -0.25) is 39.0 Å². The van der Waals surface area contributed by atoms with Gasteiger partial charge in [-0.2, -0.15) is 4.98 Å². The highest BCUT2D eigenvalue weighted by Crippen LogP contribution is 2.40. The van der Waals surface area contributed by atoms with Crippen molar-refractivity contribution in [2.45, 2.75) is 95.0 Å². The average Bonchev–Trinajstić information content (AvgIpc) is 3.53. The Morgan fingerprint density at radius 2 is 1.71 bits per heavy atom. The summed E-state index contributed by atoms with van der Waals surface area (Å²) in [7, 11) is 1.51. The number of aryl methyl sites for hydroxylation is 1. The largest absolute Gasteiger partial charge is 0.478 e. The van der Waals surface area contributed by atoms with Crippen LogP contribution in [0.15, 0.2) is 53.5 Å². The molecule has 1 saturated carbocycles. The van der Waals surface area contributed by atoms with Crippen molar-refractivity contribution in [1.82, 2.24) is 35.0 Å². The van der Waals surface area contributed by atoms with Crippen molar-refractivity contribution < 1.29 is 33.4 Å². The number of halogens is 1. The number of carbonyl (C=O) groups excluding carboxylic acids is 5. The molecule has 4 fully saturated rings. The average molecular weight is 880 g/mol. The second kappa shape index (κ2) is 17.7. The van der Waals surface area contributed by atoms with Gasteiger partial charge in [0.25, 0.3) is 23.3 Å². The lowest BCUT2D eigenvalue weighted by Crippen LogP contribution is -2.54. The number of hydrogen-bond donors (Lipinski definition) is 3. The first-order valence-electron chi connectivity index (χ1n) is 21.8. The SMILES string of the molecule is CCn1c(=O)c(OCC(=O)NC)cc2cc(Nc3nc(N4CCC(OC5CC(N6CCC(c7cccc8c7C(=O)N(C7CCC(=O)NC7=O)C8=O)CC6)C5)CC4)ncc3Cl)ccc21. The number of nitrogens with one attached hydrogen (secondary N) is 3. The summed E-state index contributed by atoms with van der Waals surface area (Å²) in [4.78, 5) is 91.2. The number of likely N-dealkylation sites (tertiary alicyclic amines) is 1. The summed E-state index contributed by atoms with van der Waals surface area (Å²) in [5.41, 5.74) is 2.74. The van der Waals surface area contributed by atoms with E-state index in [2.05, 4.69) is 30.7 Å². The molecule has 1 atom stereocenters. The zero-order chi connectivity index (χ0) is 43.9. The maximum atomic E-state index is 13.7. The molecule has 2 aromatic heterocycles. The number of piperidine rings is 3. The third kappa shape index (κ3) is 8.36. The van der Waals surface area contributed by atoms with Gasteiger partial charge in [0.05, 0.1) is 35.0 Å². The van der Waals surface area contributed by atoms with E-state index >= 15 is 0 Å². The van der Waals surface area contributed by atoms with Crippen LogP contribution in [0, 0.1) is 0 Å². The molecule has 5 aliphatic rings. The van der Waals surface area contributed by atoms with Crippen LogP contribution in [0.5, 0.6) is 5.75 Å². The third-order valence-electron chi connectivity index (χ3n) is 13.2. The lowest BCUT2D eigenvalue weighted by molar-refractivity contribution is -0.136. The van der Waals surface area contributed by atoms with E-state index < -0.39 is 29.7 Å². The molecule has 330 valence electrons. The molecule has 6 heterocycles. The molecule has 0 bridgehead atoms. The number of imide groups is 2. The Kier molecular flexibility index (Phi) is 11.9. The number of ether oxygens (including phenoxy) is 2. The van der Waals surface area contributed by atoms with Gasteiger partial charge in [-0.25, -0.2) is 4.98 Å². The number of hydrogen-bond acceptors (Lipinski definition) is 13. The van der Waals surface area contributed by atoms with Crippen LogP contribution in [0.1, 0.15) is 90.5 Å². The molecular weight excluding hydrogens is 830 g/mol. The molecule has 18 heteroatoms. The van der Waals surface area contributed by atoms with Gasteiger partial charge in [-0.1, -0.05) is 23.7 Å². The molecule has 63 heavy (non-hydrogen) atoms. The Morgan fingerprint density at radius 1 is 0.937 bits per heavy atom. The number of carbonyl (C=O) groups is 5. The van der Waals surface area contributed by atoms with Gasteiger partial charge in [0.1, 0.15) is 11.1 Å². The van der Waals surface area contributed by atoms with Crippen molar-refractivity contribution in [2.24, 2.45) is 0 Å². The molecule has 1 unspecified atom stereocenters. The highest BCUT2D eigenvalue weighted by atomic mass is 35.5. The Balaban J connectivity index is 0.752. The summed E-state index contributed by atoms with van der Waals surface area (Å²) < 4.78 is 13.8. The number of aromatic nitrogens is 3. The number of pyridine rings is 1. The summed E-state index contributed by atoms with van der Waals surface area (Å²) in [6.45, 7) is 5.29. The number of anilines is 3. The predicted molar refractivity (Wildman–Crippen MR) is 234 cm³/mol. The minimum Gasteiger partial charge on any atom is -0.478 e. The van der Waals surface area contributed by atoms with Gasteiger partial charge < -0.3 is 34.5 Å². The first kappa shape index (κ1) is 42.4. The minimum atomic E-state index is -0.976. The van der Waals surface area contributed by atoms with Gasteiger partial charge in [0.2, 0.25) is 17.8 Å². The highest BCUT2D eigenvalue weighted by Gasteiger charge is 2.46. The lowest BCUT2D eigenvalue weighted by Gasteiger charge is -2.47. The van der Waals surface area contributed by atoms with E-state index in [-0.39, 0.29) is 54.8 Å². The Bertz CT molecular complexity index is 2550. The summed E-state index contributed by atoms with van der Waals surface area (Å²) in [6, 6.07) is 12.1. The number of amides is 5. The van der Waals surface area contributed by atoms with Crippen molar-refractivity contribution >= 4 is 69.5 Å². The van der Waals surface area contributed by atoms with Crippen molar-refractivity contribution in [3.05, 3.63) is 80.7 Å². The standard InChI is InChI=1S/C45H50ClN9O8/c1-3-54-34-8-7-27(19-26(34)20-36(43(54)60)62-24-38(57)47-2)49-40-33(46)23-48-45(51-40)53-17-13-29(14-18-53)63-30-21-28(22-30)52-15-11-25(12-16-52)31-5-4-6-32-39(31)44(61)55(42(32)59)35-9-10-37(56)50-41(35)58/h4-8,19-20,23,25,28-30,35H,3,9-18,21-22,24H2,1-2H3,(H,47,57)(H,48,49,51)(H,50,56,58). The molecule has 0 radical (unpaired) electrons. The first-order valence-corrected chi connectivity index (χ1v) is 22.2. The molecule has 17 nitrogen and oxygen atoms in total. The highest BCUT2D eigenvalue weighted by molar-refractivity contribution is 6.33. The molecule has 2 aromatic carbocycles. The maximum Gasteiger partial charge on any atom is 0.293 e. The monoisotopic (exact) mass is 879 g/mol. The first-order chi connectivity index (χ1) is 30.5.